The number of carbonyl (C=O) groups is 1. The van der Waals surface area contributed by atoms with Crippen molar-refractivity contribution in [3.05, 3.63) is 96.7 Å². The van der Waals surface area contributed by atoms with Gasteiger partial charge in [-0.1, -0.05) is 60.7 Å². The van der Waals surface area contributed by atoms with Crippen molar-refractivity contribution >= 4 is 27.9 Å². The van der Waals surface area contributed by atoms with Gasteiger partial charge in [-0.2, -0.15) is 0 Å². The number of para-hydroxylation sites is 3. The van der Waals surface area contributed by atoms with Crippen LogP contribution in [0.25, 0.3) is 33.3 Å². The SMILES string of the molecule is O=C(O)C(O)C(Cc1ccccc1)n1c(-c2cccc3cccnc23)nc2ccccc21. The third kappa shape index (κ3) is 3.50. The number of carboxylic acid groups (broad SMARTS) is 1. The molecule has 0 fully saturated rings. The fraction of sp³-hybridized carbons (Fsp3) is 0.115. The summed E-state index contributed by atoms with van der Waals surface area (Å²) in [6, 6.07) is 26.1. The number of hydrogen-bond acceptors (Lipinski definition) is 4. The quantitative estimate of drug-likeness (QED) is 0.420. The molecule has 0 radical (unpaired) electrons. The smallest absolute Gasteiger partial charge is 0.334 e. The lowest BCUT2D eigenvalue weighted by molar-refractivity contribution is -0.149. The van der Waals surface area contributed by atoms with Crippen LogP contribution < -0.4 is 0 Å². The Kier molecular flexibility index (Phi) is 5.13. The monoisotopic (exact) mass is 423 g/mol. The molecule has 0 bridgehead atoms. The lowest BCUT2D eigenvalue weighted by Crippen LogP contribution is -2.33. The van der Waals surface area contributed by atoms with Crippen molar-refractivity contribution in [1.82, 2.24) is 14.5 Å². The molecule has 6 heteroatoms. The van der Waals surface area contributed by atoms with E-state index < -0.39 is 18.1 Å². The number of carboxylic acids is 1. The van der Waals surface area contributed by atoms with Gasteiger partial charge in [-0.25, -0.2) is 9.78 Å². The second-order valence-electron chi connectivity index (χ2n) is 7.71. The van der Waals surface area contributed by atoms with Crippen LogP contribution in [0.1, 0.15) is 11.6 Å². The first-order valence-electron chi connectivity index (χ1n) is 10.4. The van der Waals surface area contributed by atoms with Crippen molar-refractivity contribution in [3.8, 4) is 11.4 Å². The summed E-state index contributed by atoms with van der Waals surface area (Å²) in [5.74, 6) is -0.692. The first-order chi connectivity index (χ1) is 15.6. The number of imidazole rings is 1. The van der Waals surface area contributed by atoms with E-state index in [0.29, 0.717) is 12.2 Å². The molecule has 2 N–H and O–H groups in total. The molecule has 32 heavy (non-hydrogen) atoms. The van der Waals surface area contributed by atoms with Gasteiger partial charge in [0.1, 0.15) is 5.82 Å². The highest BCUT2D eigenvalue weighted by Gasteiger charge is 2.31. The number of hydrogen-bond donors (Lipinski definition) is 2. The Morgan fingerprint density at radius 1 is 0.906 bits per heavy atom. The van der Waals surface area contributed by atoms with Crippen molar-refractivity contribution in [3.63, 3.8) is 0 Å². The topological polar surface area (TPSA) is 88.2 Å². The number of aromatic nitrogens is 3. The van der Waals surface area contributed by atoms with Crippen LogP contribution in [0, 0.1) is 0 Å². The van der Waals surface area contributed by atoms with E-state index in [4.69, 9.17) is 4.98 Å². The standard InChI is InChI=1S/C26H21N3O3/c30-24(26(31)32)22(16-17-8-2-1-3-9-17)29-21-14-5-4-13-20(21)28-25(29)19-12-6-10-18-11-7-15-27-23(18)19/h1-15,22,24,30H,16H2,(H,31,32). The van der Waals surface area contributed by atoms with Crippen molar-refractivity contribution in [2.45, 2.75) is 18.6 Å². The number of aliphatic carboxylic acids is 1. The molecule has 0 aliphatic rings. The maximum absolute atomic E-state index is 11.9. The third-order valence-corrected chi connectivity index (χ3v) is 5.71. The minimum atomic E-state index is -1.62. The van der Waals surface area contributed by atoms with Crippen LogP contribution in [-0.4, -0.2) is 36.8 Å². The first kappa shape index (κ1) is 19.9. The minimum Gasteiger partial charge on any atom is -0.479 e. The zero-order valence-corrected chi connectivity index (χ0v) is 17.2. The van der Waals surface area contributed by atoms with Crippen LogP contribution in [0.15, 0.2) is 91.1 Å². The summed E-state index contributed by atoms with van der Waals surface area (Å²) in [6.45, 7) is 0. The van der Waals surface area contributed by atoms with Gasteiger partial charge in [0.25, 0.3) is 0 Å². The molecule has 2 unspecified atom stereocenters. The van der Waals surface area contributed by atoms with Gasteiger partial charge in [0, 0.05) is 17.1 Å². The molecule has 0 aliphatic carbocycles. The average molecular weight is 423 g/mol. The zero-order chi connectivity index (χ0) is 22.1. The van der Waals surface area contributed by atoms with E-state index in [1.807, 2.05) is 89.5 Å². The molecule has 0 aliphatic heterocycles. The van der Waals surface area contributed by atoms with Gasteiger partial charge in [-0.3, -0.25) is 4.98 Å². The molecule has 5 aromatic rings. The van der Waals surface area contributed by atoms with Crippen LogP contribution >= 0.6 is 0 Å². The third-order valence-electron chi connectivity index (χ3n) is 5.71. The fourth-order valence-electron chi connectivity index (χ4n) is 4.22. The molecule has 0 saturated carbocycles. The largest absolute Gasteiger partial charge is 0.479 e. The highest BCUT2D eigenvalue weighted by atomic mass is 16.4. The molecule has 3 aromatic carbocycles. The number of pyridine rings is 1. The molecule has 2 atom stereocenters. The fourth-order valence-corrected chi connectivity index (χ4v) is 4.22. The molecule has 5 rings (SSSR count). The molecule has 0 amide bonds. The van der Waals surface area contributed by atoms with Crippen LogP contribution in [0.4, 0.5) is 0 Å². The number of nitrogens with zero attached hydrogens (tertiary/aromatic N) is 3. The number of aliphatic hydroxyl groups is 1. The van der Waals surface area contributed by atoms with Crippen LogP contribution in [0.3, 0.4) is 0 Å². The predicted octanol–water partition coefficient (Wildman–Crippen LogP) is 4.48. The van der Waals surface area contributed by atoms with Gasteiger partial charge in [0.15, 0.2) is 6.10 Å². The maximum Gasteiger partial charge on any atom is 0.334 e. The maximum atomic E-state index is 11.9. The zero-order valence-electron chi connectivity index (χ0n) is 17.2. The van der Waals surface area contributed by atoms with E-state index in [1.165, 1.54) is 0 Å². The first-order valence-corrected chi connectivity index (χ1v) is 10.4. The van der Waals surface area contributed by atoms with Gasteiger partial charge in [0.05, 0.1) is 22.6 Å². The van der Waals surface area contributed by atoms with Crippen LogP contribution in [0.5, 0.6) is 0 Å². The second kappa shape index (κ2) is 8.24. The summed E-state index contributed by atoms with van der Waals surface area (Å²) in [6.07, 6.45) is 0.446. The van der Waals surface area contributed by atoms with Gasteiger partial charge in [0.2, 0.25) is 0 Å². The van der Waals surface area contributed by atoms with E-state index in [-0.39, 0.29) is 0 Å². The predicted molar refractivity (Wildman–Crippen MR) is 123 cm³/mol. The van der Waals surface area contributed by atoms with Crippen LogP contribution in [0.2, 0.25) is 0 Å². The molecule has 0 spiro atoms. The molecule has 2 heterocycles. The van der Waals surface area contributed by atoms with E-state index in [0.717, 1.165) is 33.1 Å². The lowest BCUT2D eigenvalue weighted by Gasteiger charge is -2.25. The summed E-state index contributed by atoms with van der Waals surface area (Å²) in [7, 11) is 0. The van der Waals surface area contributed by atoms with Crippen molar-refractivity contribution in [1.29, 1.82) is 0 Å². The summed E-state index contributed by atoms with van der Waals surface area (Å²) in [5, 5.41) is 21.5. The summed E-state index contributed by atoms with van der Waals surface area (Å²) in [5.41, 5.74) is 3.98. The lowest BCUT2D eigenvalue weighted by atomic mass is 9.99. The number of rotatable bonds is 6. The molecule has 2 aromatic heterocycles. The number of benzene rings is 3. The highest BCUT2D eigenvalue weighted by molar-refractivity contribution is 5.94. The molecular weight excluding hydrogens is 402 g/mol. The Labute approximate surface area is 184 Å². The Morgan fingerprint density at radius 3 is 2.47 bits per heavy atom. The second-order valence-corrected chi connectivity index (χ2v) is 7.71. The van der Waals surface area contributed by atoms with E-state index >= 15 is 0 Å². The van der Waals surface area contributed by atoms with Gasteiger partial charge < -0.3 is 14.8 Å². The van der Waals surface area contributed by atoms with Crippen molar-refractivity contribution in [2.75, 3.05) is 0 Å². The summed E-state index contributed by atoms with van der Waals surface area (Å²) < 4.78 is 1.85. The number of fused-ring (bicyclic) bond motifs is 2. The summed E-state index contributed by atoms with van der Waals surface area (Å²) in [4.78, 5) is 21.3. The van der Waals surface area contributed by atoms with Gasteiger partial charge >= 0.3 is 5.97 Å². The Hall–Kier alpha value is -4.03. The van der Waals surface area contributed by atoms with E-state index in [9.17, 15) is 15.0 Å². The van der Waals surface area contributed by atoms with Crippen molar-refractivity contribution < 1.29 is 15.0 Å². The Morgan fingerprint density at radius 2 is 1.66 bits per heavy atom. The average Bonchev–Trinajstić information content (AvgIpc) is 3.21. The van der Waals surface area contributed by atoms with Crippen LogP contribution in [-0.2, 0) is 11.2 Å². The molecule has 6 nitrogen and oxygen atoms in total. The van der Waals surface area contributed by atoms with Gasteiger partial charge in [-0.15, -0.1) is 0 Å². The Balaban J connectivity index is 1.78. The van der Waals surface area contributed by atoms with Gasteiger partial charge in [-0.05, 0) is 36.2 Å². The van der Waals surface area contributed by atoms with E-state index in [2.05, 4.69) is 4.98 Å². The normalized spacial score (nSPS) is 13.3. The highest BCUT2D eigenvalue weighted by Crippen LogP contribution is 2.34. The summed E-state index contributed by atoms with van der Waals surface area (Å²) >= 11 is 0. The van der Waals surface area contributed by atoms with E-state index in [1.54, 1.807) is 6.20 Å². The number of aliphatic hydroxyl groups excluding tert-OH is 1. The molecule has 158 valence electrons. The Bertz CT molecular complexity index is 1410. The minimum absolute atomic E-state index is 0.333. The molecular formula is C26H21N3O3. The van der Waals surface area contributed by atoms with Crippen molar-refractivity contribution in [2.24, 2.45) is 0 Å². The molecule has 0 saturated heterocycles.